The predicted molar refractivity (Wildman–Crippen MR) is 101 cm³/mol. The molecular weight excluding hydrogens is 387 g/mol. The molecule has 136 valence electrons. The van der Waals surface area contributed by atoms with E-state index in [1.807, 2.05) is 17.5 Å². The van der Waals surface area contributed by atoms with Gasteiger partial charge in [-0.25, -0.2) is 19.2 Å². The maximum atomic E-state index is 13.1. The van der Waals surface area contributed by atoms with Gasteiger partial charge in [0.25, 0.3) is 0 Å². The van der Waals surface area contributed by atoms with Crippen LogP contribution in [0, 0.1) is 12.7 Å². The Labute approximate surface area is 162 Å². The van der Waals surface area contributed by atoms with Gasteiger partial charge < -0.3 is 9.15 Å². The van der Waals surface area contributed by atoms with Crippen LogP contribution in [-0.2, 0) is 11.3 Å². The molecule has 8 heteroatoms. The number of carbonyl (C=O) groups excluding carboxylic acids is 1. The molecule has 5 nitrogen and oxygen atoms in total. The van der Waals surface area contributed by atoms with Gasteiger partial charge in [-0.1, -0.05) is 6.07 Å². The van der Waals surface area contributed by atoms with Gasteiger partial charge in [-0.3, -0.25) is 0 Å². The molecule has 0 bridgehead atoms. The number of halogens is 1. The summed E-state index contributed by atoms with van der Waals surface area (Å²) in [5.74, 6) is -0.288. The van der Waals surface area contributed by atoms with Crippen molar-refractivity contribution in [3.63, 3.8) is 0 Å². The molecule has 3 aromatic heterocycles. The molecule has 27 heavy (non-hydrogen) atoms. The molecular formula is C19H13FN2O3S2. The van der Waals surface area contributed by atoms with E-state index in [0.29, 0.717) is 27.2 Å². The second kappa shape index (κ2) is 7.42. The smallest absolute Gasteiger partial charge is 0.350 e. The Morgan fingerprint density at radius 2 is 2.04 bits per heavy atom. The highest BCUT2D eigenvalue weighted by Gasteiger charge is 2.18. The Morgan fingerprint density at radius 1 is 1.22 bits per heavy atom. The quantitative estimate of drug-likeness (QED) is 0.424. The Morgan fingerprint density at radius 3 is 2.78 bits per heavy atom. The molecule has 0 atom stereocenters. The number of esters is 1. The number of hydrogen-bond acceptors (Lipinski definition) is 7. The maximum absolute atomic E-state index is 13.1. The number of thiazole rings is 1. The van der Waals surface area contributed by atoms with E-state index in [2.05, 4.69) is 9.97 Å². The SMILES string of the molecule is Cc1nc(-c2ccc(F)cc2)sc1C(=O)OCc1coc(-c2cccs2)n1. The maximum Gasteiger partial charge on any atom is 0.350 e. The highest BCUT2D eigenvalue weighted by molar-refractivity contribution is 7.17. The number of aryl methyl sites for hydroxylation is 1. The standard InChI is InChI=1S/C19H13FN2O3S2/c1-11-16(27-18(21-11)12-4-6-13(20)7-5-12)19(23)25-10-14-9-24-17(22-14)15-3-2-8-26-15/h2-9H,10H2,1H3. The molecule has 4 aromatic rings. The van der Waals surface area contributed by atoms with Crippen molar-refractivity contribution in [2.75, 3.05) is 0 Å². The monoisotopic (exact) mass is 400 g/mol. The molecule has 0 saturated carbocycles. The number of rotatable bonds is 5. The molecule has 0 aliphatic carbocycles. The fourth-order valence-electron chi connectivity index (χ4n) is 2.39. The molecule has 0 spiro atoms. The largest absolute Gasteiger partial charge is 0.455 e. The summed E-state index contributed by atoms with van der Waals surface area (Å²) in [6.45, 7) is 1.75. The number of carbonyl (C=O) groups is 1. The minimum atomic E-state index is -0.473. The van der Waals surface area contributed by atoms with Crippen molar-refractivity contribution in [3.05, 3.63) is 70.1 Å². The fourth-order valence-corrected chi connectivity index (χ4v) is 4.01. The van der Waals surface area contributed by atoms with Gasteiger partial charge >= 0.3 is 5.97 Å². The molecule has 0 saturated heterocycles. The molecule has 0 fully saturated rings. The number of aromatic nitrogens is 2. The van der Waals surface area contributed by atoms with Crippen LogP contribution in [0.3, 0.4) is 0 Å². The van der Waals surface area contributed by atoms with Crippen LogP contribution in [-0.4, -0.2) is 15.9 Å². The van der Waals surface area contributed by atoms with Crippen molar-refractivity contribution in [2.45, 2.75) is 13.5 Å². The van der Waals surface area contributed by atoms with Crippen LogP contribution >= 0.6 is 22.7 Å². The van der Waals surface area contributed by atoms with Gasteiger partial charge in [0.1, 0.15) is 34.3 Å². The van der Waals surface area contributed by atoms with E-state index in [1.54, 1.807) is 19.1 Å². The van der Waals surface area contributed by atoms with E-state index in [-0.39, 0.29) is 12.4 Å². The second-order valence-corrected chi connectivity index (χ2v) is 7.58. The lowest BCUT2D eigenvalue weighted by molar-refractivity contribution is 0.0472. The van der Waals surface area contributed by atoms with E-state index < -0.39 is 5.97 Å². The number of oxazole rings is 1. The lowest BCUT2D eigenvalue weighted by Gasteiger charge is -2.00. The number of thiophene rings is 1. The first-order chi connectivity index (χ1) is 13.1. The van der Waals surface area contributed by atoms with Crippen LogP contribution < -0.4 is 0 Å². The summed E-state index contributed by atoms with van der Waals surface area (Å²) >= 11 is 2.73. The van der Waals surface area contributed by atoms with E-state index >= 15 is 0 Å². The summed E-state index contributed by atoms with van der Waals surface area (Å²) in [7, 11) is 0. The lowest BCUT2D eigenvalue weighted by atomic mass is 10.2. The molecule has 0 aliphatic heterocycles. The van der Waals surface area contributed by atoms with Gasteiger partial charge in [0.15, 0.2) is 0 Å². The van der Waals surface area contributed by atoms with Gasteiger partial charge in [-0.05, 0) is 42.6 Å². The van der Waals surface area contributed by atoms with Gasteiger partial charge in [0.2, 0.25) is 5.89 Å². The Hall–Kier alpha value is -2.84. The van der Waals surface area contributed by atoms with Crippen molar-refractivity contribution in [1.29, 1.82) is 0 Å². The predicted octanol–water partition coefficient (Wildman–Crippen LogP) is 5.33. The summed E-state index contributed by atoms with van der Waals surface area (Å²) in [6.07, 6.45) is 1.48. The Kier molecular flexibility index (Phi) is 4.83. The first-order valence-electron chi connectivity index (χ1n) is 7.99. The van der Waals surface area contributed by atoms with E-state index in [0.717, 1.165) is 10.4 Å². The third-order valence-electron chi connectivity index (χ3n) is 3.71. The lowest BCUT2D eigenvalue weighted by Crippen LogP contribution is -2.05. The summed E-state index contributed by atoms with van der Waals surface area (Å²) in [6, 6.07) is 9.80. The van der Waals surface area contributed by atoms with Crippen molar-refractivity contribution >= 4 is 28.6 Å². The topological polar surface area (TPSA) is 65.2 Å². The molecule has 4 rings (SSSR count). The molecule has 1 aromatic carbocycles. The molecule has 0 unspecified atom stereocenters. The summed E-state index contributed by atoms with van der Waals surface area (Å²) < 4.78 is 23.8. The molecule has 0 radical (unpaired) electrons. The van der Waals surface area contributed by atoms with Crippen LogP contribution in [0.25, 0.3) is 21.3 Å². The summed E-state index contributed by atoms with van der Waals surface area (Å²) in [4.78, 5) is 22.4. The van der Waals surface area contributed by atoms with Crippen LogP contribution in [0.4, 0.5) is 4.39 Å². The van der Waals surface area contributed by atoms with Crippen LogP contribution in [0.1, 0.15) is 21.1 Å². The minimum Gasteiger partial charge on any atom is -0.455 e. The third kappa shape index (κ3) is 3.81. The second-order valence-electron chi connectivity index (χ2n) is 5.64. The van der Waals surface area contributed by atoms with Gasteiger partial charge in [0, 0.05) is 5.56 Å². The third-order valence-corrected chi connectivity index (χ3v) is 5.75. The highest BCUT2D eigenvalue weighted by Crippen LogP contribution is 2.29. The zero-order valence-corrected chi connectivity index (χ0v) is 15.8. The van der Waals surface area contributed by atoms with Crippen LogP contribution in [0.15, 0.2) is 52.5 Å². The van der Waals surface area contributed by atoms with Crippen LogP contribution in [0.2, 0.25) is 0 Å². The van der Waals surface area contributed by atoms with Crippen molar-refractivity contribution in [2.24, 2.45) is 0 Å². The fraction of sp³-hybridized carbons (Fsp3) is 0.105. The zero-order chi connectivity index (χ0) is 18.8. The summed E-state index contributed by atoms with van der Waals surface area (Å²) in [5, 5.41) is 2.57. The molecule has 0 aliphatic rings. The number of ether oxygens (including phenoxy) is 1. The molecule has 3 heterocycles. The highest BCUT2D eigenvalue weighted by atomic mass is 32.1. The number of hydrogen-bond donors (Lipinski definition) is 0. The Bertz CT molecular complexity index is 1070. The zero-order valence-electron chi connectivity index (χ0n) is 14.1. The average molecular weight is 400 g/mol. The van der Waals surface area contributed by atoms with Crippen molar-refractivity contribution < 1.29 is 18.3 Å². The Balaban J connectivity index is 1.45. The van der Waals surface area contributed by atoms with Gasteiger partial charge in [-0.2, -0.15) is 0 Å². The molecule has 0 amide bonds. The molecule has 0 N–H and O–H groups in total. The van der Waals surface area contributed by atoms with Crippen molar-refractivity contribution in [3.8, 4) is 21.3 Å². The van der Waals surface area contributed by atoms with Gasteiger partial charge in [0.05, 0.1) is 10.6 Å². The first kappa shape index (κ1) is 17.6. The van der Waals surface area contributed by atoms with E-state index in [4.69, 9.17) is 9.15 Å². The first-order valence-corrected chi connectivity index (χ1v) is 9.68. The van der Waals surface area contributed by atoms with Gasteiger partial charge in [-0.15, -0.1) is 22.7 Å². The normalized spacial score (nSPS) is 10.9. The van der Waals surface area contributed by atoms with Crippen LogP contribution in [0.5, 0.6) is 0 Å². The minimum absolute atomic E-state index is 0.0108. The van der Waals surface area contributed by atoms with Crippen molar-refractivity contribution in [1.82, 2.24) is 9.97 Å². The van der Waals surface area contributed by atoms with E-state index in [9.17, 15) is 9.18 Å². The number of nitrogens with zero attached hydrogens (tertiary/aromatic N) is 2. The summed E-state index contributed by atoms with van der Waals surface area (Å²) in [5.41, 5.74) is 1.86. The number of benzene rings is 1. The van der Waals surface area contributed by atoms with E-state index in [1.165, 1.54) is 41.1 Å². The average Bonchev–Trinajstić information content (AvgIpc) is 3.40.